The molecule has 5 heteroatoms. The van der Waals surface area contributed by atoms with Crippen molar-refractivity contribution >= 4 is 17.4 Å². The van der Waals surface area contributed by atoms with Gasteiger partial charge in [0.1, 0.15) is 0 Å². The smallest absolute Gasteiger partial charge is 0.319 e. The van der Waals surface area contributed by atoms with Crippen molar-refractivity contribution in [2.24, 2.45) is 0 Å². The molecule has 1 aliphatic heterocycles. The summed E-state index contributed by atoms with van der Waals surface area (Å²) in [5, 5.41) is 15.2. The molecule has 0 unspecified atom stereocenters. The Balaban J connectivity index is 1.59. The minimum atomic E-state index is -0.315. The lowest BCUT2D eigenvalue weighted by Gasteiger charge is -2.18. The van der Waals surface area contributed by atoms with E-state index in [4.69, 9.17) is 0 Å². The molecule has 126 valence electrons. The Morgan fingerprint density at radius 1 is 1.25 bits per heavy atom. The summed E-state index contributed by atoms with van der Waals surface area (Å²) in [6.45, 7) is 0.907. The molecule has 24 heavy (non-hydrogen) atoms. The van der Waals surface area contributed by atoms with E-state index < -0.39 is 0 Å². The second-order valence-corrected chi connectivity index (χ2v) is 6.18. The van der Waals surface area contributed by atoms with Crippen LogP contribution in [0.15, 0.2) is 48.5 Å². The highest BCUT2D eigenvalue weighted by molar-refractivity contribution is 5.90. The van der Waals surface area contributed by atoms with Crippen molar-refractivity contribution in [2.45, 2.75) is 18.9 Å². The van der Waals surface area contributed by atoms with Gasteiger partial charge in [-0.1, -0.05) is 36.4 Å². The number of rotatable bonds is 5. The molecule has 5 nitrogen and oxygen atoms in total. The van der Waals surface area contributed by atoms with Gasteiger partial charge in [-0.2, -0.15) is 0 Å². The number of likely N-dealkylation sites (N-methyl/N-ethyl adjacent to an activating group) is 1. The lowest BCUT2D eigenvalue weighted by Crippen LogP contribution is -2.41. The summed E-state index contributed by atoms with van der Waals surface area (Å²) >= 11 is 0. The quantitative estimate of drug-likeness (QED) is 0.791. The highest BCUT2D eigenvalue weighted by atomic mass is 16.3. The van der Waals surface area contributed by atoms with Gasteiger partial charge in [-0.05, 0) is 36.1 Å². The standard InChI is InChI=1S/C19H23N3O2/c1-22-10-9-15-7-8-16(12-18(15)22)20-19(24)21-17(13-23)11-14-5-3-2-4-6-14/h2-8,12,17,23H,9-11,13H2,1H3,(H2,20,21,24)/t17-/m1/s1. The molecule has 0 saturated heterocycles. The average Bonchev–Trinajstić information content (AvgIpc) is 2.96. The zero-order valence-electron chi connectivity index (χ0n) is 13.8. The maximum absolute atomic E-state index is 12.2. The predicted molar refractivity (Wildman–Crippen MR) is 96.6 cm³/mol. The van der Waals surface area contributed by atoms with Gasteiger partial charge in [-0.3, -0.25) is 0 Å². The molecule has 0 saturated carbocycles. The number of amides is 2. The molecule has 0 aliphatic carbocycles. The molecular weight excluding hydrogens is 302 g/mol. The van der Waals surface area contributed by atoms with Crippen molar-refractivity contribution < 1.29 is 9.90 Å². The average molecular weight is 325 g/mol. The minimum absolute atomic E-state index is 0.102. The normalized spacial score (nSPS) is 14.2. The van der Waals surface area contributed by atoms with Crippen LogP contribution in [0.25, 0.3) is 0 Å². The van der Waals surface area contributed by atoms with Crippen LogP contribution in [0.4, 0.5) is 16.2 Å². The maximum Gasteiger partial charge on any atom is 0.319 e. The van der Waals surface area contributed by atoms with Crippen LogP contribution >= 0.6 is 0 Å². The van der Waals surface area contributed by atoms with E-state index in [0.29, 0.717) is 6.42 Å². The topological polar surface area (TPSA) is 64.6 Å². The molecule has 2 aromatic carbocycles. The first-order valence-corrected chi connectivity index (χ1v) is 8.22. The van der Waals surface area contributed by atoms with Gasteiger partial charge in [0.15, 0.2) is 0 Å². The first-order valence-electron chi connectivity index (χ1n) is 8.22. The highest BCUT2D eigenvalue weighted by Crippen LogP contribution is 2.29. The van der Waals surface area contributed by atoms with E-state index in [0.717, 1.165) is 29.9 Å². The van der Waals surface area contributed by atoms with Crippen LogP contribution in [-0.4, -0.2) is 37.4 Å². The molecular formula is C19H23N3O2. The number of fused-ring (bicyclic) bond motifs is 1. The van der Waals surface area contributed by atoms with Gasteiger partial charge in [0.2, 0.25) is 0 Å². The number of nitrogens with zero attached hydrogens (tertiary/aromatic N) is 1. The SMILES string of the molecule is CN1CCc2ccc(NC(=O)N[C@@H](CO)Cc3ccccc3)cc21. The number of hydrogen-bond acceptors (Lipinski definition) is 3. The number of anilines is 2. The predicted octanol–water partition coefficient (Wildman–Crippen LogP) is 2.40. The Morgan fingerprint density at radius 3 is 2.79 bits per heavy atom. The van der Waals surface area contributed by atoms with E-state index in [1.807, 2.05) is 42.5 Å². The third kappa shape index (κ3) is 3.86. The lowest BCUT2D eigenvalue weighted by molar-refractivity contribution is 0.224. The molecule has 2 aromatic rings. The summed E-state index contributed by atoms with van der Waals surface area (Å²) < 4.78 is 0. The van der Waals surface area contributed by atoms with Crippen LogP contribution in [0.3, 0.4) is 0 Å². The van der Waals surface area contributed by atoms with Gasteiger partial charge in [-0.15, -0.1) is 0 Å². The monoisotopic (exact) mass is 325 g/mol. The Hall–Kier alpha value is -2.53. The third-order valence-corrected chi connectivity index (χ3v) is 4.35. The van der Waals surface area contributed by atoms with Gasteiger partial charge in [0, 0.05) is 25.0 Å². The zero-order chi connectivity index (χ0) is 16.9. The molecule has 0 fully saturated rings. The summed E-state index contributed by atoms with van der Waals surface area (Å²) in [5.41, 5.74) is 4.31. The molecule has 0 aromatic heterocycles. The molecule has 2 amide bonds. The molecule has 3 N–H and O–H groups in total. The summed E-state index contributed by atoms with van der Waals surface area (Å²) in [6, 6.07) is 15.2. The molecule has 3 rings (SSSR count). The van der Waals surface area contributed by atoms with Crippen LogP contribution in [-0.2, 0) is 12.8 Å². The van der Waals surface area contributed by atoms with E-state index >= 15 is 0 Å². The van der Waals surface area contributed by atoms with Crippen molar-refractivity contribution in [1.29, 1.82) is 0 Å². The summed E-state index contributed by atoms with van der Waals surface area (Å²) in [5.74, 6) is 0. The van der Waals surface area contributed by atoms with E-state index in [9.17, 15) is 9.90 Å². The summed E-state index contributed by atoms with van der Waals surface area (Å²) in [7, 11) is 2.05. The Morgan fingerprint density at radius 2 is 2.04 bits per heavy atom. The largest absolute Gasteiger partial charge is 0.394 e. The van der Waals surface area contributed by atoms with Crippen molar-refractivity contribution in [3.8, 4) is 0 Å². The zero-order valence-corrected chi connectivity index (χ0v) is 13.8. The lowest BCUT2D eigenvalue weighted by atomic mass is 10.1. The molecule has 0 radical (unpaired) electrons. The minimum Gasteiger partial charge on any atom is -0.394 e. The maximum atomic E-state index is 12.2. The number of carbonyl (C=O) groups is 1. The fourth-order valence-electron chi connectivity index (χ4n) is 3.03. The Kier molecular flexibility index (Phi) is 5.01. The van der Waals surface area contributed by atoms with E-state index in [1.165, 1.54) is 5.56 Å². The molecule has 1 heterocycles. The second-order valence-electron chi connectivity index (χ2n) is 6.18. The number of hydrogen-bond donors (Lipinski definition) is 3. The third-order valence-electron chi connectivity index (χ3n) is 4.35. The van der Waals surface area contributed by atoms with Gasteiger partial charge in [0.05, 0.1) is 12.6 Å². The molecule has 0 spiro atoms. The first kappa shape index (κ1) is 16.3. The highest BCUT2D eigenvalue weighted by Gasteiger charge is 2.17. The van der Waals surface area contributed by atoms with Crippen molar-refractivity contribution in [3.05, 3.63) is 59.7 Å². The number of benzene rings is 2. The molecule has 1 aliphatic rings. The van der Waals surface area contributed by atoms with Crippen LogP contribution in [0.1, 0.15) is 11.1 Å². The van der Waals surface area contributed by atoms with Crippen molar-refractivity contribution in [2.75, 3.05) is 30.4 Å². The van der Waals surface area contributed by atoms with Crippen LogP contribution in [0.2, 0.25) is 0 Å². The van der Waals surface area contributed by atoms with Gasteiger partial charge in [-0.25, -0.2) is 4.79 Å². The van der Waals surface area contributed by atoms with Crippen LogP contribution in [0.5, 0.6) is 0 Å². The van der Waals surface area contributed by atoms with Gasteiger partial charge >= 0.3 is 6.03 Å². The van der Waals surface area contributed by atoms with Gasteiger partial charge in [0.25, 0.3) is 0 Å². The van der Waals surface area contributed by atoms with E-state index in [-0.39, 0.29) is 18.7 Å². The van der Waals surface area contributed by atoms with Crippen LogP contribution < -0.4 is 15.5 Å². The Labute approximate surface area is 142 Å². The second kappa shape index (κ2) is 7.36. The van der Waals surface area contributed by atoms with Crippen molar-refractivity contribution in [1.82, 2.24) is 5.32 Å². The fourth-order valence-corrected chi connectivity index (χ4v) is 3.03. The molecule has 0 bridgehead atoms. The summed E-state index contributed by atoms with van der Waals surface area (Å²) in [4.78, 5) is 14.4. The van der Waals surface area contributed by atoms with Crippen LogP contribution in [0, 0.1) is 0 Å². The van der Waals surface area contributed by atoms with E-state index in [2.05, 4.69) is 28.6 Å². The summed E-state index contributed by atoms with van der Waals surface area (Å²) in [6.07, 6.45) is 1.64. The first-order chi connectivity index (χ1) is 11.7. The van der Waals surface area contributed by atoms with E-state index in [1.54, 1.807) is 0 Å². The number of aliphatic hydroxyl groups excluding tert-OH is 1. The Bertz CT molecular complexity index is 703. The number of urea groups is 1. The fraction of sp³-hybridized carbons (Fsp3) is 0.316. The number of carbonyl (C=O) groups excluding carboxylic acids is 1. The van der Waals surface area contributed by atoms with Crippen molar-refractivity contribution in [3.63, 3.8) is 0 Å². The number of aliphatic hydroxyl groups is 1. The number of nitrogens with one attached hydrogen (secondary N) is 2. The molecule has 1 atom stereocenters. The van der Waals surface area contributed by atoms with Gasteiger partial charge < -0.3 is 20.6 Å².